The number of nitro groups is 1. The Hall–Kier alpha value is -3.14. The Morgan fingerprint density at radius 3 is 2.93 bits per heavy atom. The highest BCUT2D eigenvalue weighted by Gasteiger charge is 2.27. The summed E-state index contributed by atoms with van der Waals surface area (Å²) in [7, 11) is 0. The second-order valence-electron chi connectivity index (χ2n) is 6.18. The van der Waals surface area contributed by atoms with E-state index in [2.05, 4.69) is 10.2 Å². The second kappa shape index (κ2) is 7.47. The number of carbonyl (C=O) groups is 1. The number of non-ortho nitro benzene ring substituents is 1. The molecular formula is C18H17N5O4S. The van der Waals surface area contributed by atoms with Crippen molar-refractivity contribution in [3.05, 3.63) is 52.3 Å². The molecule has 4 rings (SSSR count). The average molecular weight is 399 g/mol. The van der Waals surface area contributed by atoms with Gasteiger partial charge in [0.2, 0.25) is 5.91 Å². The first kappa shape index (κ1) is 18.2. The van der Waals surface area contributed by atoms with Crippen molar-refractivity contribution in [3.8, 4) is 11.6 Å². The lowest BCUT2D eigenvalue weighted by atomic mass is 10.1. The fourth-order valence-electron chi connectivity index (χ4n) is 3.21. The molecule has 0 bridgehead atoms. The number of thioether (sulfide) groups is 1. The standard InChI is InChI=1S/C18H17N5O4S/c1-2-21-17(15-4-3-9-27-15)19-20-18(21)28-11-16(24)22-8-7-12-5-6-13(23(25)26)10-14(12)22/h3-6,9-10H,2,7-8,11H2,1H3. The molecule has 144 valence electrons. The molecule has 0 aliphatic carbocycles. The summed E-state index contributed by atoms with van der Waals surface area (Å²) >= 11 is 1.29. The second-order valence-corrected chi connectivity index (χ2v) is 7.12. The SMILES string of the molecule is CCn1c(SCC(=O)N2CCc3ccc([N+](=O)[O-])cc32)nnc1-c1ccco1. The molecule has 0 unspecified atom stereocenters. The molecule has 1 amide bonds. The maximum absolute atomic E-state index is 12.8. The number of benzene rings is 1. The van der Waals surface area contributed by atoms with E-state index in [1.807, 2.05) is 17.6 Å². The summed E-state index contributed by atoms with van der Waals surface area (Å²) in [4.78, 5) is 24.9. The molecular weight excluding hydrogens is 382 g/mol. The van der Waals surface area contributed by atoms with Crippen LogP contribution in [0.15, 0.2) is 46.2 Å². The van der Waals surface area contributed by atoms with Crippen LogP contribution in [0.1, 0.15) is 12.5 Å². The predicted molar refractivity (Wildman–Crippen MR) is 103 cm³/mol. The third kappa shape index (κ3) is 3.26. The minimum atomic E-state index is -0.449. The van der Waals surface area contributed by atoms with Gasteiger partial charge < -0.3 is 9.32 Å². The zero-order chi connectivity index (χ0) is 19.7. The van der Waals surface area contributed by atoms with Gasteiger partial charge in [0.1, 0.15) is 0 Å². The number of carbonyl (C=O) groups excluding carboxylic acids is 1. The fraction of sp³-hybridized carbons (Fsp3) is 0.278. The predicted octanol–water partition coefficient (Wildman–Crippen LogP) is 3.15. The molecule has 0 fully saturated rings. The van der Waals surface area contributed by atoms with Crippen LogP contribution in [0.4, 0.5) is 11.4 Å². The number of aromatic nitrogens is 3. The number of fused-ring (bicyclic) bond motifs is 1. The van der Waals surface area contributed by atoms with Gasteiger partial charge in [-0.25, -0.2) is 0 Å². The van der Waals surface area contributed by atoms with Crippen LogP contribution in [0.3, 0.4) is 0 Å². The number of rotatable bonds is 6. The van der Waals surface area contributed by atoms with Gasteiger partial charge in [-0.05, 0) is 31.0 Å². The molecule has 0 atom stereocenters. The third-order valence-electron chi connectivity index (χ3n) is 4.58. The summed E-state index contributed by atoms with van der Waals surface area (Å²) in [6, 6.07) is 8.25. The first-order chi connectivity index (χ1) is 13.6. The first-order valence-corrected chi connectivity index (χ1v) is 9.74. The summed E-state index contributed by atoms with van der Waals surface area (Å²) < 4.78 is 7.28. The van der Waals surface area contributed by atoms with Gasteiger partial charge >= 0.3 is 0 Å². The molecule has 1 aromatic carbocycles. The molecule has 0 spiro atoms. The van der Waals surface area contributed by atoms with Crippen molar-refractivity contribution in [3.63, 3.8) is 0 Å². The van der Waals surface area contributed by atoms with Gasteiger partial charge in [-0.15, -0.1) is 10.2 Å². The Balaban J connectivity index is 1.50. The number of amides is 1. The number of hydrogen-bond acceptors (Lipinski definition) is 7. The van der Waals surface area contributed by atoms with Crippen molar-refractivity contribution in [1.29, 1.82) is 0 Å². The number of anilines is 1. The summed E-state index contributed by atoms with van der Waals surface area (Å²) in [5.41, 5.74) is 1.55. The van der Waals surface area contributed by atoms with Gasteiger partial charge in [-0.1, -0.05) is 17.8 Å². The molecule has 3 heterocycles. The van der Waals surface area contributed by atoms with Gasteiger partial charge in [-0.3, -0.25) is 19.5 Å². The van der Waals surface area contributed by atoms with Gasteiger partial charge in [0.05, 0.1) is 22.6 Å². The van der Waals surface area contributed by atoms with Crippen molar-refractivity contribution < 1.29 is 14.1 Å². The maximum Gasteiger partial charge on any atom is 0.271 e. The van der Waals surface area contributed by atoms with Crippen LogP contribution in [-0.2, 0) is 17.8 Å². The molecule has 3 aromatic rings. The monoisotopic (exact) mass is 399 g/mol. The Bertz CT molecular complexity index is 1030. The minimum Gasteiger partial charge on any atom is -0.461 e. The zero-order valence-electron chi connectivity index (χ0n) is 15.1. The number of nitrogens with zero attached hydrogens (tertiary/aromatic N) is 5. The number of hydrogen-bond donors (Lipinski definition) is 0. The largest absolute Gasteiger partial charge is 0.461 e. The smallest absolute Gasteiger partial charge is 0.271 e. The van der Waals surface area contributed by atoms with Gasteiger partial charge in [0, 0.05) is 25.2 Å². The molecule has 0 saturated carbocycles. The van der Waals surface area contributed by atoms with Crippen LogP contribution >= 0.6 is 11.8 Å². The lowest BCUT2D eigenvalue weighted by molar-refractivity contribution is -0.384. The van der Waals surface area contributed by atoms with E-state index in [0.717, 1.165) is 5.56 Å². The van der Waals surface area contributed by atoms with Crippen LogP contribution in [0.25, 0.3) is 11.6 Å². The Morgan fingerprint density at radius 2 is 2.21 bits per heavy atom. The van der Waals surface area contributed by atoms with E-state index in [9.17, 15) is 14.9 Å². The highest BCUT2D eigenvalue weighted by molar-refractivity contribution is 7.99. The van der Waals surface area contributed by atoms with E-state index in [-0.39, 0.29) is 17.3 Å². The van der Waals surface area contributed by atoms with Crippen molar-refractivity contribution >= 4 is 29.0 Å². The molecule has 1 aliphatic rings. The van der Waals surface area contributed by atoms with E-state index in [0.29, 0.717) is 41.9 Å². The first-order valence-electron chi connectivity index (χ1n) is 8.76. The van der Waals surface area contributed by atoms with Crippen molar-refractivity contribution in [2.24, 2.45) is 0 Å². The van der Waals surface area contributed by atoms with Gasteiger partial charge in [-0.2, -0.15) is 0 Å². The van der Waals surface area contributed by atoms with E-state index >= 15 is 0 Å². The average Bonchev–Trinajstić information content (AvgIpc) is 3.43. The molecule has 0 radical (unpaired) electrons. The van der Waals surface area contributed by atoms with E-state index in [4.69, 9.17) is 4.42 Å². The minimum absolute atomic E-state index is 0.0140. The van der Waals surface area contributed by atoms with Crippen molar-refractivity contribution in [2.75, 3.05) is 17.2 Å². The molecule has 9 nitrogen and oxygen atoms in total. The summed E-state index contributed by atoms with van der Waals surface area (Å²) in [5.74, 6) is 1.28. The van der Waals surface area contributed by atoms with Crippen molar-refractivity contribution in [2.45, 2.75) is 25.0 Å². The van der Waals surface area contributed by atoms with Crippen LogP contribution in [0, 0.1) is 10.1 Å². The van der Waals surface area contributed by atoms with Crippen LogP contribution in [0.5, 0.6) is 0 Å². The fourth-order valence-corrected chi connectivity index (χ4v) is 4.09. The van der Waals surface area contributed by atoms with E-state index in [1.165, 1.54) is 23.9 Å². The molecule has 2 aromatic heterocycles. The molecule has 10 heteroatoms. The van der Waals surface area contributed by atoms with Gasteiger partial charge in [0.25, 0.3) is 5.69 Å². The zero-order valence-corrected chi connectivity index (χ0v) is 15.9. The van der Waals surface area contributed by atoms with Crippen LogP contribution in [-0.4, -0.2) is 37.9 Å². The number of furan rings is 1. The quantitative estimate of drug-likeness (QED) is 0.356. The number of nitro benzene ring substituents is 1. The third-order valence-corrected chi connectivity index (χ3v) is 5.53. The Labute approximate surface area is 164 Å². The highest BCUT2D eigenvalue weighted by Crippen LogP contribution is 2.32. The normalized spacial score (nSPS) is 13.0. The summed E-state index contributed by atoms with van der Waals surface area (Å²) in [6.45, 7) is 3.13. The lowest BCUT2D eigenvalue weighted by Gasteiger charge is -2.17. The van der Waals surface area contributed by atoms with E-state index < -0.39 is 4.92 Å². The van der Waals surface area contributed by atoms with Gasteiger partial charge in [0.15, 0.2) is 16.7 Å². The van der Waals surface area contributed by atoms with E-state index in [1.54, 1.807) is 23.3 Å². The Morgan fingerprint density at radius 1 is 1.36 bits per heavy atom. The van der Waals surface area contributed by atoms with Crippen LogP contribution < -0.4 is 4.90 Å². The molecule has 28 heavy (non-hydrogen) atoms. The Kier molecular flexibility index (Phi) is 4.86. The lowest BCUT2D eigenvalue weighted by Crippen LogP contribution is -2.30. The summed E-state index contributed by atoms with van der Waals surface area (Å²) in [6.07, 6.45) is 2.27. The highest BCUT2D eigenvalue weighted by atomic mass is 32.2. The van der Waals surface area contributed by atoms with Crippen LogP contribution in [0.2, 0.25) is 0 Å². The topological polar surface area (TPSA) is 107 Å². The van der Waals surface area contributed by atoms with Crippen molar-refractivity contribution in [1.82, 2.24) is 14.8 Å². The molecule has 1 aliphatic heterocycles. The molecule has 0 N–H and O–H groups in total. The maximum atomic E-state index is 12.8. The molecule has 0 saturated heterocycles. The summed E-state index contributed by atoms with van der Waals surface area (Å²) in [5, 5.41) is 20.0.